The van der Waals surface area contributed by atoms with E-state index in [9.17, 15) is 14.4 Å². The lowest BCUT2D eigenvalue weighted by Crippen LogP contribution is -2.56. The number of amides is 4. The van der Waals surface area contributed by atoms with E-state index in [2.05, 4.69) is 20.9 Å². The molecular formula is C30H31N5O4S. The van der Waals surface area contributed by atoms with E-state index in [1.165, 1.54) is 18.7 Å². The molecule has 1 aromatic heterocycles. The molecule has 0 spiro atoms. The molecule has 40 heavy (non-hydrogen) atoms. The van der Waals surface area contributed by atoms with E-state index in [0.717, 1.165) is 59.0 Å². The number of hydrogen-bond donors (Lipinski definition) is 3. The van der Waals surface area contributed by atoms with Crippen LogP contribution in [0.2, 0.25) is 0 Å². The van der Waals surface area contributed by atoms with Crippen LogP contribution in [0.3, 0.4) is 0 Å². The molecule has 9 nitrogen and oxygen atoms in total. The Morgan fingerprint density at radius 2 is 1.75 bits per heavy atom. The number of para-hydroxylation sites is 1. The molecule has 1 aliphatic carbocycles. The zero-order chi connectivity index (χ0) is 27.8. The maximum absolute atomic E-state index is 13.6. The number of pyridine rings is 1. The minimum atomic E-state index is -0.558. The van der Waals surface area contributed by atoms with E-state index in [-0.39, 0.29) is 29.9 Å². The molecule has 6 rings (SSSR count). The summed E-state index contributed by atoms with van der Waals surface area (Å²) >= 11 is 1.37. The van der Waals surface area contributed by atoms with Gasteiger partial charge in [-0.3, -0.25) is 14.5 Å². The van der Waals surface area contributed by atoms with Gasteiger partial charge < -0.3 is 20.7 Å². The monoisotopic (exact) mass is 557 g/mol. The Bertz CT molecular complexity index is 1470. The van der Waals surface area contributed by atoms with Gasteiger partial charge in [-0.1, -0.05) is 42.8 Å². The quantitative estimate of drug-likeness (QED) is 0.388. The van der Waals surface area contributed by atoms with Gasteiger partial charge in [-0.2, -0.15) is 0 Å². The van der Waals surface area contributed by atoms with E-state index in [4.69, 9.17) is 4.74 Å². The third-order valence-electron chi connectivity index (χ3n) is 7.63. The SMILES string of the molecule is CC(=O)N[C@@H]1CCCC[C@H]1NC(=O)C1Sc2nccc3c2C1NC(=O)N3c1ccc(Oc2ccccc2)cc1C. The molecule has 4 amide bonds. The number of nitrogens with zero attached hydrogens (tertiary/aromatic N) is 2. The average Bonchev–Trinajstić information content (AvgIpc) is 3.30. The Labute approximate surface area is 237 Å². The van der Waals surface area contributed by atoms with Gasteiger partial charge in [0.05, 0.1) is 17.4 Å². The predicted molar refractivity (Wildman–Crippen MR) is 153 cm³/mol. The van der Waals surface area contributed by atoms with Gasteiger partial charge in [-0.05, 0) is 61.7 Å². The smallest absolute Gasteiger partial charge is 0.327 e. The molecule has 3 heterocycles. The first-order valence-electron chi connectivity index (χ1n) is 13.6. The van der Waals surface area contributed by atoms with E-state index in [1.807, 2.05) is 61.5 Å². The zero-order valence-electron chi connectivity index (χ0n) is 22.3. The highest BCUT2D eigenvalue weighted by Gasteiger charge is 2.47. The van der Waals surface area contributed by atoms with Crippen molar-refractivity contribution in [1.29, 1.82) is 0 Å². The first kappa shape index (κ1) is 26.2. The Hall–Kier alpha value is -4.05. The molecule has 10 heteroatoms. The Kier molecular flexibility index (Phi) is 7.10. The van der Waals surface area contributed by atoms with Gasteiger partial charge in [0.2, 0.25) is 11.8 Å². The van der Waals surface area contributed by atoms with Crippen LogP contribution in [-0.4, -0.2) is 40.2 Å². The van der Waals surface area contributed by atoms with Crippen molar-refractivity contribution in [3.63, 3.8) is 0 Å². The number of nitrogens with one attached hydrogen (secondary N) is 3. The van der Waals surface area contributed by atoms with Gasteiger partial charge in [0.1, 0.15) is 21.8 Å². The lowest BCUT2D eigenvalue weighted by atomic mass is 9.89. The van der Waals surface area contributed by atoms with Gasteiger partial charge in [0, 0.05) is 30.8 Å². The average molecular weight is 558 g/mol. The number of ether oxygens (including phenoxy) is 1. The molecule has 0 radical (unpaired) electrons. The number of urea groups is 1. The van der Waals surface area contributed by atoms with Crippen molar-refractivity contribution in [2.24, 2.45) is 0 Å². The largest absolute Gasteiger partial charge is 0.457 e. The van der Waals surface area contributed by atoms with Crippen LogP contribution < -0.4 is 25.6 Å². The van der Waals surface area contributed by atoms with Gasteiger partial charge >= 0.3 is 6.03 Å². The number of rotatable bonds is 6. The number of carbonyl (C=O) groups excluding carboxylic acids is 3. The summed E-state index contributed by atoms with van der Waals surface area (Å²) in [5.41, 5.74) is 3.16. The highest BCUT2D eigenvalue weighted by molar-refractivity contribution is 8.01. The molecular weight excluding hydrogens is 526 g/mol. The molecule has 1 fully saturated rings. The summed E-state index contributed by atoms with van der Waals surface area (Å²) in [6.07, 6.45) is 5.33. The van der Waals surface area contributed by atoms with Gasteiger partial charge in [-0.15, -0.1) is 0 Å². The fraction of sp³-hybridized carbons (Fsp3) is 0.333. The number of thioether (sulfide) groups is 1. The second kappa shape index (κ2) is 10.8. The molecule has 1 saturated carbocycles. The van der Waals surface area contributed by atoms with Crippen molar-refractivity contribution in [3.8, 4) is 11.5 Å². The summed E-state index contributed by atoms with van der Waals surface area (Å²) in [5, 5.41) is 9.41. The molecule has 3 aromatic rings. The van der Waals surface area contributed by atoms with E-state index >= 15 is 0 Å². The minimum absolute atomic E-state index is 0.0917. The number of aromatic nitrogens is 1. The summed E-state index contributed by atoms with van der Waals surface area (Å²) in [6.45, 7) is 3.44. The molecule has 3 aliphatic rings. The number of benzene rings is 2. The number of carbonyl (C=O) groups is 3. The Morgan fingerprint density at radius 3 is 2.48 bits per heavy atom. The molecule has 2 aromatic carbocycles. The lowest BCUT2D eigenvalue weighted by molar-refractivity contribution is -0.124. The normalized spacial score (nSPS) is 23.1. The van der Waals surface area contributed by atoms with Crippen LogP contribution in [0.4, 0.5) is 16.2 Å². The van der Waals surface area contributed by atoms with Crippen molar-refractivity contribution in [2.45, 2.75) is 67.9 Å². The molecule has 206 valence electrons. The molecule has 3 N–H and O–H groups in total. The van der Waals surface area contributed by atoms with Crippen LogP contribution in [0.25, 0.3) is 0 Å². The third kappa shape index (κ3) is 4.99. The van der Waals surface area contributed by atoms with Crippen LogP contribution in [0.1, 0.15) is 49.8 Å². The van der Waals surface area contributed by atoms with E-state index in [1.54, 1.807) is 11.1 Å². The predicted octanol–water partition coefficient (Wildman–Crippen LogP) is 5.12. The Balaban J connectivity index is 1.24. The molecule has 0 saturated heterocycles. The van der Waals surface area contributed by atoms with Gasteiger partial charge in [0.25, 0.3) is 0 Å². The van der Waals surface area contributed by atoms with Crippen molar-refractivity contribution >= 4 is 41.0 Å². The standard InChI is InChI=1S/C30H31N5O4S/c1-17-16-20(39-19-8-4-3-5-9-19)12-13-23(17)35-24-14-15-31-29-25(24)26(34-30(35)38)27(40-29)28(37)33-22-11-7-6-10-21(22)32-18(2)36/h3-5,8-9,12-16,21-22,26-27H,6-7,10-11H2,1-2H3,(H,32,36)(H,33,37)(H,34,38)/t21-,22-,26?,27?/m1/s1. The molecule has 0 bridgehead atoms. The lowest BCUT2D eigenvalue weighted by Gasteiger charge is -2.36. The van der Waals surface area contributed by atoms with Crippen LogP contribution >= 0.6 is 11.8 Å². The van der Waals surface area contributed by atoms with Crippen molar-refractivity contribution < 1.29 is 19.1 Å². The fourth-order valence-corrected chi connectivity index (χ4v) is 7.07. The van der Waals surface area contributed by atoms with Crippen LogP contribution in [-0.2, 0) is 9.59 Å². The van der Waals surface area contributed by atoms with Crippen LogP contribution in [0.15, 0.2) is 65.8 Å². The van der Waals surface area contributed by atoms with Crippen LogP contribution in [0.5, 0.6) is 11.5 Å². The highest BCUT2D eigenvalue weighted by atomic mass is 32.2. The molecule has 2 aliphatic heterocycles. The summed E-state index contributed by atoms with van der Waals surface area (Å²) in [6, 6.07) is 15.9. The fourth-order valence-electron chi connectivity index (χ4n) is 5.83. The summed E-state index contributed by atoms with van der Waals surface area (Å²) in [4.78, 5) is 45.1. The third-order valence-corrected chi connectivity index (χ3v) is 8.92. The first-order valence-corrected chi connectivity index (χ1v) is 14.4. The number of hydrogen-bond acceptors (Lipinski definition) is 6. The maximum atomic E-state index is 13.6. The van der Waals surface area contributed by atoms with Crippen molar-refractivity contribution in [1.82, 2.24) is 20.9 Å². The first-order chi connectivity index (χ1) is 19.4. The summed E-state index contributed by atoms with van der Waals surface area (Å²) in [7, 11) is 0. The van der Waals surface area contributed by atoms with E-state index < -0.39 is 11.3 Å². The highest BCUT2D eigenvalue weighted by Crippen LogP contribution is 2.51. The Morgan fingerprint density at radius 1 is 1.00 bits per heavy atom. The van der Waals surface area contributed by atoms with Crippen LogP contribution in [0, 0.1) is 6.92 Å². The van der Waals surface area contributed by atoms with Gasteiger partial charge in [-0.25, -0.2) is 9.78 Å². The molecule has 4 atom stereocenters. The maximum Gasteiger partial charge on any atom is 0.327 e. The summed E-state index contributed by atoms with van der Waals surface area (Å²) < 4.78 is 5.98. The second-order valence-corrected chi connectivity index (χ2v) is 11.6. The zero-order valence-corrected chi connectivity index (χ0v) is 23.2. The number of anilines is 2. The van der Waals surface area contributed by atoms with E-state index in [0.29, 0.717) is 5.75 Å². The van der Waals surface area contributed by atoms with Gasteiger partial charge in [0.15, 0.2) is 0 Å². The van der Waals surface area contributed by atoms with Crippen molar-refractivity contribution in [2.75, 3.05) is 4.90 Å². The minimum Gasteiger partial charge on any atom is -0.457 e. The topological polar surface area (TPSA) is 113 Å². The number of aryl methyl sites for hydroxylation is 1. The van der Waals surface area contributed by atoms with Crippen molar-refractivity contribution in [3.05, 3.63) is 71.9 Å². The summed E-state index contributed by atoms with van der Waals surface area (Å²) in [5.74, 6) is 1.15. The second-order valence-electron chi connectivity index (χ2n) is 10.4. The molecule has 2 unspecified atom stereocenters.